The van der Waals surface area contributed by atoms with Gasteiger partial charge in [0.05, 0.1) is 12.0 Å². The lowest BCUT2D eigenvalue weighted by atomic mass is 9.73. The Morgan fingerprint density at radius 1 is 1.03 bits per heavy atom. The third-order valence-electron chi connectivity index (χ3n) is 5.00. The topological polar surface area (TPSA) is 29.5 Å². The molecule has 0 bridgehead atoms. The Morgan fingerprint density at radius 3 is 2.00 bits per heavy atom. The largest absolute Gasteiger partial charge is 0.431 e. The van der Waals surface area contributed by atoms with Crippen LogP contribution in [0.1, 0.15) is 32.8 Å². The van der Waals surface area contributed by atoms with E-state index in [9.17, 15) is 35.5 Å². The molecule has 0 N–H and O–H groups in total. The molecule has 10 heteroatoms. The fourth-order valence-corrected chi connectivity index (χ4v) is 3.37. The van der Waals surface area contributed by atoms with Gasteiger partial charge in [-0.1, -0.05) is 35.9 Å². The number of nitrogens with zero attached hydrogens (tertiary/aromatic N) is 1. The van der Waals surface area contributed by atoms with Crippen molar-refractivity contribution in [3.63, 3.8) is 0 Å². The summed E-state index contributed by atoms with van der Waals surface area (Å²) in [7, 11) is 0. The third-order valence-corrected chi connectivity index (χ3v) is 5.00. The monoisotopic (exact) mass is 427 g/mol. The lowest BCUT2D eigenvalue weighted by Gasteiger charge is -2.36. The molecule has 162 valence electrons. The molecule has 2 rings (SSSR count). The Morgan fingerprint density at radius 2 is 1.55 bits per heavy atom. The van der Waals surface area contributed by atoms with Crippen LogP contribution in [-0.4, -0.2) is 35.5 Å². The van der Waals surface area contributed by atoms with Crippen molar-refractivity contribution >= 4 is 5.91 Å². The summed E-state index contributed by atoms with van der Waals surface area (Å²) < 4.78 is 92.9. The van der Waals surface area contributed by atoms with Crippen molar-refractivity contribution in [3.05, 3.63) is 47.0 Å². The quantitative estimate of drug-likeness (QED) is 0.457. The molecule has 1 fully saturated rings. The van der Waals surface area contributed by atoms with Gasteiger partial charge in [0.1, 0.15) is 6.61 Å². The first-order valence-corrected chi connectivity index (χ1v) is 8.61. The smallest absolute Gasteiger partial charge is 0.272 e. The second-order valence-electron chi connectivity index (χ2n) is 7.38. The zero-order valence-electron chi connectivity index (χ0n) is 15.9. The number of hydrogen-bond acceptors (Lipinski definition) is 2. The highest BCUT2D eigenvalue weighted by atomic mass is 19.4. The summed E-state index contributed by atoms with van der Waals surface area (Å²) in [6, 6.07) is 8.46. The summed E-state index contributed by atoms with van der Waals surface area (Å²) in [5.41, 5.74) is -6.99. The number of rotatable bonds is 5. The maximum absolute atomic E-state index is 14.4. The van der Waals surface area contributed by atoms with E-state index < -0.39 is 35.8 Å². The van der Waals surface area contributed by atoms with Crippen LogP contribution in [0.3, 0.4) is 0 Å². The zero-order valence-corrected chi connectivity index (χ0v) is 15.9. The number of halogens is 7. The first kappa shape index (κ1) is 23.2. The molecular weight excluding hydrogens is 407 g/mol. The van der Waals surface area contributed by atoms with Crippen molar-refractivity contribution in [2.24, 2.45) is 5.41 Å². The standard InChI is InChI=1S/C19H20F7NO2/c1-12(2)14-9-27(29-10-13-7-5-4-6-8-13)15(28)16(14,3)11-17(20,18(21,22)23)19(24,25)26/h4-8H,9-11H2,1-3H3/t16-/m0/s1. The molecule has 0 aliphatic carbocycles. The summed E-state index contributed by atoms with van der Waals surface area (Å²) in [6.45, 7) is 3.27. The minimum absolute atomic E-state index is 0.0360. The van der Waals surface area contributed by atoms with E-state index in [2.05, 4.69) is 0 Å². The van der Waals surface area contributed by atoms with Gasteiger partial charge in [0, 0.05) is 6.42 Å². The van der Waals surface area contributed by atoms with Crippen molar-refractivity contribution in [3.8, 4) is 0 Å². The predicted octanol–water partition coefficient (Wildman–Crippen LogP) is 5.53. The van der Waals surface area contributed by atoms with Gasteiger partial charge < -0.3 is 0 Å². The van der Waals surface area contributed by atoms with Crippen LogP contribution >= 0.6 is 0 Å². The van der Waals surface area contributed by atoms with E-state index in [1.165, 1.54) is 13.8 Å². The number of benzene rings is 1. The first-order chi connectivity index (χ1) is 13.1. The molecule has 1 atom stereocenters. The van der Waals surface area contributed by atoms with E-state index in [4.69, 9.17) is 4.84 Å². The van der Waals surface area contributed by atoms with Crippen LogP contribution in [0.15, 0.2) is 41.5 Å². The molecule has 0 spiro atoms. The number of allylic oxidation sites excluding steroid dienone is 1. The Kier molecular flexibility index (Phi) is 6.09. The summed E-state index contributed by atoms with van der Waals surface area (Å²) in [6.07, 6.45) is -14.6. The summed E-state index contributed by atoms with van der Waals surface area (Å²) >= 11 is 0. The third kappa shape index (κ3) is 4.26. The van der Waals surface area contributed by atoms with Crippen LogP contribution in [0.25, 0.3) is 0 Å². The van der Waals surface area contributed by atoms with Gasteiger partial charge in [-0.25, -0.2) is 9.45 Å². The van der Waals surface area contributed by atoms with Gasteiger partial charge in [-0.3, -0.25) is 9.63 Å². The first-order valence-electron chi connectivity index (χ1n) is 8.61. The summed E-state index contributed by atoms with van der Waals surface area (Å²) in [4.78, 5) is 18.1. The zero-order chi connectivity index (χ0) is 22.3. The van der Waals surface area contributed by atoms with Crippen LogP contribution < -0.4 is 0 Å². The Labute approximate surface area is 163 Å². The number of alkyl halides is 7. The molecule has 0 aromatic heterocycles. The van der Waals surface area contributed by atoms with E-state index in [0.717, 1.165) is 6.92 Å². The maximum Gasteiger partial charge on any atom is 0.431 e. The van der Waals surface area contributed by atoms with Crippen molar-refractivity contribution in [2.75, 3.05) is 6.54 Å². The van der Waals surface area contributed by atoms with Crippen molar-refractivity contribution in [1.29, 1.82) is 0 Å². The minimum atomic E-state index is -6.24. The maximum atomic E-state index is 14.4. The average Bonchev–Trinajstić information content (AvgIpc) is 2.83. The normalized spacial score (nSPS) is 21.1. The highest BCUT2D eigenvalue weighted by Crippen LogP contribution is 2.55. The van der Waals surface area contributed by atoms with Crippen molar-refractivity contribution < 1.29 is 40.4 Å². The van der Waals surface area contributed by atoms with Crippen LogP contribution in [0.2, 0.25) is 0 Å². The fraction of sp³-hybridized carbons (Fsp3) is 0.526. The van der Waals surface area contributed by atoms with Gasteiger partial charge in [0.25, 0.3) is 5.91 Å². The molecule has 1 saturated heterocycles. The van der Waals surface area contributed by atoms with E-state index in [-0.39, 0.29) is 18.7 Å². The summed E-state index contributed by atoms with van der Waals surface area (Å²) in [5, 5.41) is 0.697. The van der Waals surface area contributed by atoms with Crippen LogP contribution in [-0.2, 0) is 16.2 Å². The van der Waals surface area contributed by atoms with Crippen LogP contribution in [0.5, 0.6) is 0 Å². The van der Waals surface area contributed by atoms with E-state index in [1.807, 2.05) is 0 Å². The SMILES string of the molecule is CC(C)=C1CN(OCc2ccccc2)C(=O)[C@@]1(C)CC(F)(C(F)(F)F)C(F)(F)F. The predicted molar refractivity (Wildman–Crippen MR) is 90.0 cm³/mol. The number of hydroxylamine groups is 2. The second kappa shape index (κ2) is 7.62. The molecule has 1 aromatic carbocycles. The lowest BCUT2D eigenvalue weighted by Crippen LogP contribution is -2.56. The number of amides is 1. The van der Waals surface area contributed by atoms with Gasteiger partial charge in [-0.15, -0.1) is 0 Å². The molecule has 0 unspecified atom stereocenters. The molecular formula is C19H20F7NO2. The molecule has 0 saturated carbocycles. The van der Waals surface area contributed by atoms with Gasteiger partial charge in [0.15, 0.2) is 0 Å². The van der Waals surface area contributed by atoms with Crippen LogP contribution in [0, 0.1) is 5.41 Å². The average molecular weight is 427 g/mol. The highest BCUT2D eigenvalue weighted by molar-refractivity contribution is 5.88. The molecule has 1 amide bonds. The van der Waals surface area contributed by atoms with E-state index in [0.29, 0.717) is 16.2 Å². The Bertz CT molecular complexity index is 768. The fourth-order valence-electron chi connectivity index (χ4n) is 3.37. The molecule has 1 aliphatic heterocycles. The molecule has 1 aliphatic rings. The van der Waals surface area contributed by atoms with Crippen LogP contribution in [0.4, 0.5) is 30.7 Å². The number of carbonyl (C=O) groups is 1. The Balaban J connectivity index is 2.37. The minimum Gasteiger partial charge on any atom is -0.272 e. The second-order valence-corrected chi connectivity index (χ2v) is 7.38. The number of hydrogen-bond donors (Lipinski definition) is 0. The summed E-state index contributed by atoms with van der Waals surface area (Å²) in [5.74, 6) is -1.15. The number of carbonyl (C=O) groups excluding carboxylic acids is 1. The lowest BCUT2D eigenvalue weighted by molar-refractivity contribution is -0.347. The molecule has 1 aromatic rings. The molecule has 3 nitrogen and oxygen atoms in total. The highest BCUT2D eigenvalue weighted by Gasteiger charge is 2.75. The molecule has 0 radical (unpaired) electrons. The van der Waals surface area contributed by atoms with Crippen molar-refractivity contribution in [1.82, 2.24) is 5.06 Å². The van der Waals surface area contributed by atoms with Crippen molar-refractivity contribution in [2.45, 2.75) is 51.8 Å². The van der Waals surface area contributed by atoms with Gasteiger partial charge >= 0.3 is 18.0 Å². The molecule has 29 heavy (non-hydrogen) atoms. The molecule has 1 heterocycles. The van der Waals surface area contributed by atoms with Gasteiger partial charge in [-0.05, 0) is 31.9 Å². The van der Waals surface area contributed by atoms with Gasteiger partial charge in [-0.2, -0.15) is 26.3 Å². The van der Waals surface area contributed by atoms with E-state index >= 15 is 0 Å². The Hall–Kier alpha value is -2.10. The van der Waals surface area contributed by atoms with E-state index in [1.54, 1.807) is 30.3 Å². The van der Waals surface area contributed by atoms with Gasteiger partial charge in [0.2, 0.25) is 0 Å².